The minimum Gasteiger partial charge on any atom is -0.495 e. The molecule has 0 aliphatic rings. The molecule has 3 N–H and O–H groups in total. The fraction of sp³-hybridized carbons (Fsp3) is 0.192. The molecule has 3 aromatic rings. The molecule has 0 atom stereocenters. The molecule has 8 nitrogen and oxygen atoms in total. The van der Waals surface area contributed by atoms with Gasteiger partial charge in [0, 0.05) is 22.5 Å². The molecular formula is C26H26FN3O5. The van der Waals surface area contributed by atoms with Crippen LogP contribution in [0.15, 0.2) is 66.7 Å². The number of carbonyl (C=O) groups excluding carboxylic acids is 3. The summed E-state index contributed by atoms with van der Waals surface area (Å²) in [5.41, 5.74) is 0.839. The zero-order chi connectivity index (χ0) is 25.6. The van der Waals surface area contributed by atoms with Crippen LogP contribution in [0.3, 0.4) is 0 Å². The number of methoxy groups -OCH3 is 1. The van der Waals surface area contributed by atoms with Gasteiger partial charge in [-0.15, -0.1) is 0 Å². The molecule has 0 heterocycles. The lowest BCUT2D eigenvalue weighted by Gasteiger charge is -2.19. The first-order valence-electron chi connectivity index (χ1n) is 10.7. The van der Waals surface area contributed by atoms with Crippen LogP contribution in [0.1, 0.15) is 41.5 Å². The summed E-state index contributed by atoms with van der Waals surface area (Å²) in [4.78, 5) is 37.4. The van der Waals surface area contributed by atoms with Crippen molar-refractivity contribution >= 4 is 35.0 Å². The van der Waals surface area contributed by atoms with Gasteiger partial charge in [-0.05, 0) is 75.4 Å². The predicted octanol–water partition coefficient (Wildman–Crippen LogP) is 5.69. The molecule has 182 valence electrons. The first kappa shape index (κ1) is 25.2. The Morgan fingerprint density at radius 2 is 1.40 bits per heavy atom. The Balaban J connectivity index is 1.74. The van der Waals surface area contributed by atoms with Gasteiger partial charge in [0.05, 0.1) is 12.8 Å². The standard InChI is InChI=1S/C26H26FN3O5/c1-26(2,3)35-25(33)29-19-10-6-8-17(14-19)23(31)28-20-11-12-22(34-4)21(15-20)30-24(32)16-7-5-9-18(27)13-16/h5-15H,1-4H3,(H,28,31)(H,29,33)(H,30,32). The lowest BCUT2D eigenvalue weighted by atomic mass is 10.1. The Morgan fingerprint density at radius 3 is 2.06 bits per heavy atom. The third-order valence-electron chi connectivity index (χ3n) is 4.56. The average molecular weight is 480 g/mol. The van der Waals surface area contributed by atoms with Crippen LogP contribution < -0.4 is 20.7 Å². The summed E-state index contributed by atoms with van der Waals surface area (Å²) in [5.74, 6) is -1.15. The summed E-state index contributed by atoms with van der Waals surface area (Å²) >= 11 is 0. The van der Waals surface area contributed by atoms with E-state index >= 15 is 0 Å². The second-order valence-corrected chi connectivity index (χ2v) is 8.54. The van der Waals surface area contributed by atoms with Crippen LogP contribution >= 0.6 is 0 Å². The van der Waals surface area contributed by atoms with Gasteiger partial charge in [-0.25, -0.2) is 9.18 Å². The van der Waals surface area contributed by atoms with Crippen molar-refractivity contribution in [2.45, 2.75) is 26.4 Å². The molecule has 0 aliphatic heterocycles. The van der Waals surface area contributed by atoms with Crippen LogP contribution in [0.2, 0.25) is 0 Å². The molecule has 0 spiro atoms. The fourth-order valence-electron chi connectivity index (χ4n) is 3.07. The summed E-state index contributed by atoms with van der Waals surface area (Å²) in [6.07, 6.45) is -0.635. The topological polar surface area (TPSA) is 106 Å². The Hall–Kier alpha value is -4.40. The van der Waals surface area contributed by atoms with Crippen molar-refractivity contribution < 1.29 is 28.2 Å². The van der Waals surface area contributed by atoms with Gasteiger partial charge in [-0.3, -0.25) is 14.9 Å². The number of anilines is 3. The highest BCUT2D eigenvalue weighted by Crippen LogP contribution is 2.29. The van der Waals surface area contributed by atoms with Crippen LogP contribution in [0.25, 0.3) is 0 Å². The van der Waals surface area contributed by atoms with E-state index < -0.39 is 29.3 Å². The van der Waals surface area contributed by atoms with Crippen molar-refractivity contribution in [3.63, 3.8) is 0 Å². The van der Waals surface area contributed by atoms with Gasteiger partial charge in [0.25, 0.3) is 11.8 Å². The van der Waals surface area contributed by atoms with Crippen molar-refractivity contribution in [1.82, 2.24) is 0 Å². The minimum atomic E-state index is -0.658. The first-order chi connectivity index (χ1) is 16.5. The third kappa shape index (κ3) is 7.29. The second kappa shape index (κ2) is 10.7. The maximum Gasteiger partial charge on any atom is 0.412 e. The van der Waals surface area contributed by atoms with Crippen LogP contribution in [-0.4, -0.2) is 30.6 Å². The summed E-state index contributed by atoms with van der Waals surface area (Å²) in [6, 6.07) is 16.3. The minimum absolute atomic E-state index is 0.135. The smallest absolute Gasteiger partial charge is 0.412 e. The zero-order valence-corrected chi connectivity index (χ0v) is 19.8. The predicted molar refractivity (Wildman–Crippen MR) is 132 cm³/mol. The van der Waals surface area contributed by atoms with Gasteiger partial charge in [0.2, 0.25) is 0 Å². The number of amides is 3. The van der Waals surface area contributed by atoms with E-state index in [0.717, 1.165) is 6.07 Å². The van der Waals surface area contributed by atoms with Crippen LogP contribution in [0.5, 0.6) is 5.75 Å². The molecule has 3 amide bonds. The van der Waals surface area contributed by atoms with Gasteiger partial charge in [0.15, 0.2) is 0 Å². The number of halogens is 1. The number of ether oxygens (including phenoxy) is 2. The highest BCUT2D eigenvalue weighted by molar-refractivity contribution is 6.07. The van der Waals surface area contributed by atoms with E-state index in [2.05, 4.69) is 16.0 Å². The third-order valence-corrected chi connectivity index (χ3v) is 4.56. The molecule has 0 aromatic heterocycles. The van der Waals surface area contributed by atoms with E-state index in [-0.39, 0.29) is 5.56 Å². The summed E-state index contributed by atoms with van der Waals surface area (Å²) in [6.45, 7) is 5.25. The van der Waals surface area contributed by atoms with E-state index in [4.69, 9.17) is 9.47 Å². The van der Waals surface area contributed by atoms with E-state index in [0.29, 0.717) is 28.4 Å². The number of carbonyl (C=O) groups is 3. The maximum absolute atomic E-state index is 13.5. The quantitative estimate of drug-likeness (QED) is 0.421. The van der Waals surface area contributed by atoms with Crippen molar-refractivity contribution in [2.24, 2.45) is 0 Å². The monoisotopic (exact) mass is 479 g/mol. The van der Waals surface area contributed by atoms with Crippen LogP contribution in [0.4, 0.5) is 26.2 Å². The normalized spacial score (nSPS) is 10.8. The fourth-order valence-corrected chi connectivity index (χ4v) is 3.07. The van der Waals surface area contributed by atoms with Gasteiger partial charge in [-0.2, -0.15) is 0 Å². The molecule has 3 rings (SSSR count). The molecule has 0 saturated carbocycles. The number of hydrogen-bond donors (Lipinski definition) is 3. The second-order valence-electron chi connectivity index (χ2n) is 8.54. The van der Waals surface area contributed by atoms with Gasteiger partial charge in [0.1, 0.15) is 17.2 Å². The zero-order valence-electron chi connectivity index (χ0n) is 19.8. The average Bonchev–Trinajstić information content (AvgIpc) is 2.78. The summed E-state index contributed by atoms with van der Waals surface area (Å²) in [7, 11) is 1.44. The van der Waals surface area contributed by atoms with Crippen molar-refractivity contribution in [2.75, 3.05) is 23.1 Å². The van der Waals surface area contributed by atoms with E-state index in [1.807, 2.05) is 0 Å². The van der Waals surface area contributed by atoms with E-state index in [1.165, 1.54) is 37.4 Å². The van der Waals surface area contributed by atoms with Crippen LogP contribution in [-0.2, 0) is 4.74 Å². The molecule has 0 bridgehead atoms. The molecule has 9 heteroatoms. The highest BCUT2D eigenvalue weighted by atomic mass is 19.1. The van der Waals surface area contributed by atoms with Gasteiger partial charge >= 0.3 is 6.09 Å². The molecule has 0 unspecified atom stereocenters. The molecule has 3 aromatic carbocycles. The Kier molecular flexibility index (Phi) is 7.70. The van der Waals surface area contributed by atoms with Crippen LogP contribution in [0, 0.1) is 5.82 Å². The SMILES string of the molecule is COc1ccc(NC(=O)c2cccc(NC(=O)OC(C)(C)C)c2)cc1NC(=O)c1cccc(F)c1. The molecule has 0 saturated heterocycles. The first-order valence-corrected chi connectivity index (χ1v) is 10.7. The number of rotatable bonds is 6. The molecule has 0 fully saturated rings. The number of hydrogen-bond acceptors (Lipinski definition) is 5. The highest BCUT2D eigenvalue weighted by Gasteiger charge is 2.17. The largest absolute Gasteiger partial charge is 0.495 e. The number of nitrogens with one attached hydrogen (secondary N) is 3. The van der Waals surface area contributed by atoms with Gasteiger partial charge < -0.3 is 20.1 Å². The van der Waals surface area contributed by atoms with Crippen molar-refractivity contribution in [1.29, 1.82) is 0 Å². The van der Waals surface area contributed by atoms with E-state index in [1.54, 1.807) is 51.1 Å². The van der Waals surface area contributed by atoms with Gasteiger partial charge in [-0.1, -0.05) is 12.1 Å². The summed E-state index contributed by atoms with van der Waals surface area (Å²) in [5, 5.41) is 8.00. The molecule has 0 radical (unpaired) electrons. The lowest BCUT2D eigenvalue weighted by molar-refractivity contribution is 0.0635. The van der Waals surface area contributed by atoms with E-state index in [9.17, 15) is 18.8 Å². The molecule has 0 aliphatic carbocycles. The summed E-state index contributed by atoms with van der Waals surface area (Å²) < 4.78 is 24.0. The Labute approximate surface area is 202 Å². The molecular weight excluding hydrogens is 453 g/mol. The van der Waals surface area contributed by atoms with Crippen molar-refractivity contribution in [3.05, 3.63) is 83.7 Å². The molecule has 35 heavy (non-hydrogen) atoms. The maximum atomic E-state index is 13.5. The Morgan fingerprint density at radius 1 is 0.771 bits per heavy atom. The Bertz CT molecular complexity index is 1250. The van der Waals surface area contributed by atoms with Crippen molar-refractivity contribution in [3.8, 4) is 5.75 Å². The number of benzene rings is 3. The lowest BCUT2D eigenvalue weighted by Crippen LogP contribution is -2.27.